The van der Waals surface area contributed by atoms with Crippen LogP contribution in [-0.2, 0) is 12.0 Å². The van der Waals surface area contributed by atoms with Gasteiger partial charge in [-0.3, -0.25) is 4.98 Å². The molecule has 5 heteroatoms. The molecule has 1 atom stereocenters. The van der Waals surface area contributed by atoms with E-state index >= 15 is 0 Å². The number of nitrogens with zero attached hydrogens (tertiary/aromatic N) is 1. The molecule has 100 valence electrons. The van der Waals surface area contributed by atoms with Crippen LogP contribution in [0.1, 0.15) is 11.3 Å². The van der Waals surface area contributed by atoms with Gasteiger partial charge in [0.25, 0.3) is 0 Å². The lowest BCUT2D eigenvalue weighted by Crippen LogP contribution is -2.44. The third-order valence-corrected chi connectivity index (χ3v) is 2.88. The van der Waals surface area contributed by atoms with E-state index in [2.05, 4.69) is 4.98 Å². The van der Waals surface area contributed by atoms with Crippen molar-refractivity contribution in [2.45, 2.75) is 18.2 Å². The van der Waals surface area contributed by atoms with Crippen molar-refractivity contribution in [2.24, 2.45) is 0 Å². The molecule has 1 N–H and O–H groups in total. The summed E-state index contributed by atoms with van der Waals surface area (Å²) in [4.78, 5) is 3.84. The highest BCUT2D eigenvalue weighted by molar-refractivity contribution is 5.26. The normalized spacial score (nSPS) is 14.9. The fourth-order valence-corrected chi connectivity index (χ4v) is 1.84. The number of hydrogen-bond donors (Lipinski definition) is 1. The van der Waals surface area contributed by atoms with E-state index in [1.54, 1.807) is 18.2 Å². The number of benzene rings is 1. The zero-order valence-corrected chi connectivity index (χ0v) is 9.93. The second-order valence-electron chi connectivity index (χ2n) is 4.22. The van der Waals surface area contributed by atoms with Crippen LogP contribution < -0.4 is 0 Å². The van der Waals surface area contributed by atoms with Crippen molar-refractivity contribution < 1.29 is 18.3 Å². The third kappa shape index (κ3) is 2.76. The number of rotatable bonds is 3. The van der Waals surface area contributed by atoms with Crippen molar-refractivity contribution in [3.63, 3.8) is 0 Å². The number of hydrogen-bond acceptors (Lipinski definition) is 2. The van der Waals surface area contributed by atoms with E-state index in [9.17, 15) is 18.3 Å². The van der Waals surface area contributed by atoms with Gasteiger partial charge in [-0.25, -0.2) is 0 Å². The van der Waals surface area contributed by atoms with Crippen LogP contribution in [0.4, 0.5) is 13.2 Å². The van der Waals surface area contributed by atoms with Crippen molar-refractivity contribution in [3.8, 4) is 0 Å². The predicted molar refractivity (Wildman–Crippen MR) is 64.3 cm³/mol. The van der Waals surface area contributed by atoms with Gasteiger partial charge in [0.1, 0.15) is 0 Å². The maximum absolute atomic E-state index is 13.2. The van der Waals surface area contributed by atoms with Crippen molar-refractivity contribution in [3.05, 3.63) is 66.0 Å². The van der Waals surface area contributed by atoms with Gasteiger partial charge in [-0.2, -0.15) is 13.2 Å². The molecule has 1 heterocycles. The van der Waals surface area contributed by atoms with Gasteiger partial charge in [0.05, 0.1) is 0 Å². The van der Waals surface area contributed by atoms with Crippen molar-refractivity contribution in [2.75, 3.05) is 0 Å². The second kappa shape index (κ2) is 5.01. The molecule has 19 heavy (non-hydrogen) atoms. The molecular formula is C14H12F3NO. The predicted octanol–water partition coefficient (Wildman–Crippen LogP) is 3.07. The van der Waals surface area contributed by atoms with Crippen molar-refractivity contribution >= 4 is 0 Å². The monoisotopic (exact) mass is 267 g/mol. The fraction of sp³-hybridized carbons (Fsp3) is 0.214. The van der Waals surface area contributed by atoms with Crippen LogP contribution in [0.5, 0.6) is 0 Å². The molecule has 2 nitrogen and oxygen atoms in total. The van der Waals surface area contributed by atoms with Gasteiger partial charge in [-0.05, 0) is 17.7 Å². The summed E-state index contributed by atoms with van der Waals surface area (Å²) in [5.74, 6) is 0. The summed E-state index contributed by atoms with van der Waals surface area (Å²) in [5.41, 5.74) is -2.93. The quantitative estimate of drug-likeness (QED) is 0.927. The summed E-state index contributed by atoms with van der Waals surface area (Å²) in [6, 6.07) is 11.7. The molecule has 0 aliphatic heterocycles. The lowest BCUT2D eigenvalue weighted by molar-refractivity contribution is -0.266. The number of aromatic nitrogens is 1. The van der Waals surface area contributed by atoms with Gasteiger partial charge in [0.2, 0.25) is 0 Å². The average molecular weight is 267 g/mol. The highest BCUT2D eigenvalue weighted by Gasteiger charge is 2.54. The van der Waals surface area contributed by atoms with Gasteiger partial charge >= 0.3 is 6.18 Å². The molecule has 0 saturated heterocycles. The minimum atomic E-state index is -4.77. The first kappa shape index (κ1) is 13.5. The Labute approximate surface area is 108 Å². The molecule has 1 aromatic heterocycles. The van der Waals surface area contributed by atoms with Crippen LogP contribution in [-0.4, -0.2) is 16.3 Å². The van der Waals surface area contributed by atoms with E-state index in [1.807, 2.05) is 0 Å². The number of aliphatic hydroxyl groups is 1. The van der Waals surface area contributed by atoms with Crippen LogP contribution in [0.25, 0.3) is 0 Å². The first-order valence-corrected chi connectivity index (χ1v) is 5.68. The Morgan fingerprint density at radius 2 is 1.58 bits per heavy atom. The van der Waals surface area contributed by atoms with Crippen LogP contribution in [0.15, 0.2) is 54.7 Å². The smallest absolute Gasteiger partial charge is 0.376 e. The van der Waals surface area contributed by atoms with Crippen molar-refractivity contribution in [1.82, 2.24) is 4.98 Å². The van der Waals surface area contributed by atoms with E-state index in [0.29, 0.717) is 0 Å². The van der Waals surface area contributed by atoms with E-state index in [-0.39, 0.29) is 11.3 Å². The van der Waals surface area contributed by atoms with Gasteiger partial charge in [-0.15, -0.1) is 0 Å². The van der Waals surface area contributed by atoms with E-state index in [0.717, 1.165) is 0 Å². The van der Waals surface area contributed by atoms with Crippen LogP contribution in [0.3, 0.4) is 0 Å². The molecule has 0 aliphatic rings. The first-order valence-electron chi connectivity index (χ1n) is 5.68. The summed E-state index contributed by atoms with van der Waals surface area (Å²) in [5, 5.41) is 10.1. The Balaban J connectivity index is 2.42. The van der Waals surface area contributed by atoms with Crippen LogP contribution >= 0.6 is 0 Å². The van der Waals surface area contributed by atoms with E-state index in [4.69, 9.17) is 0 Å². The van der Waals surface area contributed by atoms with E-state index in [1.165, 1.54) is 36.5 Å². The standard InChI is InChI=1S/C14H12F3NO/c15-14(16,17)13(19,11-6-2-1-3-7-11)10-12-8-4-5-9-18-12/h1-9,19H,10H2. The summed E-state index contributed by atoms with van der Waals surface area (Å²) in [6.07, 6.45) is -3.98. The second-order valence-corrected chi connectivity index (χ2v) is 4.22. The number of halogens is 3. The number of alkyl halides is 3. The van der Waals surface area contributed by atoms with Gasteiger partial charge < -0.3 is 5.11 Å². The highest BCUT2D eigenvalue weighted by Crippen LogP contribution is 2.41. The van der Waals surface area contributed by atoms with Crippen LogP contribution in [0.2, 0.25) is 0 Å². The zero-order valence-electron chi connectivity index (χ0n) is 9.93. The molecule has 0 fully saturated rings. The molecule has 0 amide bonds. The zero-order chi connectivity index (χ0) is 13.9. The van der Waals surface area contributed by atoms with Gasteiger partial charge in [-0.1, -0.05) is 36.4 Å². The van der Waals surface area contributed by atoms with Crippen LogP contribution in [0, 0.1) is 0 Å². The largest absolute Gasteiger partial charge is 0.421 e. The summed E-state index contributed by atoms with van der Waals surface area (Å²) in [6.45, 7) is 0. The molecule has 0 spiro atoms. The Bertz CT molecular complexity index is 527. The molecule has 0 bridgehead atoms. The maximum Gasteiger partial charge on any atom is 0.421 e. The van der Waals surface area contributed by atoms with Crippen molar-refractivity contribution in [1.29, 1.82) is 0 Å². The molecule has 1 unspecified atom stereocenters. The first-order chi connectivity index (χ1) is 8.93. The molecule has 0 saturated carbocycles. The fourth-order valence-electron chi connectivity index (χ4n) is 1.84. The Kier molecular flexibility index (Phi) is 3.57. The Morgan fingerprint density at radius 3 is 2.11 bits per heavy atom. The molecule has 0 radical (unpaired) electrons. The summed E-state index contributed by atoms with van der Waals surface area (Å²) >= 11 is 0. The third-order valence-electron chi connectivity index (χ3n) is 2.88. The lowest BCUT2D eigenvalue weighted by Gasteiger charge is -2.30. The Hall–Kier alpha value is -1.88. The van der Waals surface area contributed by atoms with Gasteiger partial charge in [0, 0.05) is 18.3 Å². The molecule has 1 aromatic carbocycles. The molecule has 2 aromatic rings. The lowest BCUT2D eigenvalue weighted by atomic mass is 9.88. The Morgan fingerprint density at radius 1 is 0.947 bits per heavy atom. The molecule has 2 rings (SSSR count). The number of pyridine rings is 1. The minimum absolute atomic E-state index is 0.186. The minimum Gasteiger partial charge on any atom is -0.376 e. The summed E-state index contributed by atoms with van der Waals surface area (Å²) < 4.78 is 39.6. The molecule has 0 aliphatic carbocycles. The van der Waals surface area contributed by atoms with Gasteiger partial charge in [0.15, 0.2) is 5.60 Å². The summed E-state index contributed by atoms with van der Waals surface area (Å²) in [7, 11) is 0. The highest BCUT2D eigenvalue weighted by atomic mass is 19.4. The maximum atomic E-state index is 13.2. The SMILES string of the molecule is OC(Cc1ccccn1)(c1ccccc1)C(F)(F)F. The van der Waals surface area contributed by atoms with E-state index < -0.39 is 18.2 Å². The topological polar surface area (TPSA) is 33.1 Å². The molecular weight excluding hydrogens is 255 g/mol. The average Bonchev–Trinajstić information content (AvgIpc) is 2.39.